The molecule has 34 heavy (non-hydrogen) atoms. The number of aromatic hydroxyl groups is 1. The minimum absolute atomic E-state index is 0.137. The summed E-state index contributed by atoms with van der Waals surface area (Å²) in [5.41, 5.74) is 5.81. The zero-order chi connectivity index (χ0) is 23.8. The molecule has 0 aliphatic carbocycles. The summed E-state index contributed by atoms with van der Waals surface area (Å²) < 4.78 is 7.45. The number of hydrogen-bond acceptors (Lipinski definition) is 4. The number of rotatable bonds is 5. The topological polar surface area (TPSA) is 62.5 Å². The van der Waals surface area contributed by atoms with Gasteiger partial charge in [-0.25, -0.2) is 0 Å². The third kappa shape index (κ3) is 3.68. The molecule has 7 heteroatoms. The molecule has 6 nitrogen and oxygen atoms in total. The monoisotopic (exact) mass is 470 g/mol. The second-order valence-electron chi connectivity index (χ2n) is 8.35. The van der Waals surface area contributed by atoms with E-state index in [2.05, 4.69) is 39.7 Å². The van der Waals surface area contributed by atoms with Crippen LogP contribution in [0.1, 0.15) is 34.7 Å². The Labute approximate surface area is 204 Å². The van der Waals surface area contributed by atoms with Crippen molar-refractivity contribution >= 4 is 23.0 Å². The summed E-state index contributed by atoms with van der Waals surface area (Å²) in [6, 6.07) is 23.1. The lowest BCUT2D eigenvalue weighted by Gasteiger charge is -2.28. The lowest BCUT2D eigenvalue weighted by molar-refractivity contribution is 0.415. The van der Waals surface area contributed by atoms with Crippen molar-refractivity contribution < 1.29 is 9.84 Å². The normalized spacial score (nSPS) is 17.6. The molecule has 5 rings (SSSR count). The largest absolute Gasteiger partial charge is 0.506 e. The van der Waals surface area contributed by atoms with Crippen molar-refractivity contribution in [3.8, 4) is 17.2 Å². The number of anilines is 1. The van der Waals surface area contributed by atoms with Crippen molar-refractivity contribution in [2.24, 2.45) is 0 Å². The Morgan fingerprint density at radius 1 is 1.00 bits per heavy atom. The maximum atomic E-state index is 10.6. The molecule has 2 N–H and O–H groups in total. The van der Waals surface area contributed by atoms with Gasteiger partial charge in [-0.2, -0.15) is 0 Å². The van der Waals surface area contributed by atoms with Crippen LogP contribution in [0.4, 0.5) is 5.69 Å². The van der Waals surface area contributed by atoms with E-state index in [4.69, 9.17) is 17.0 Å². The van der Waals surface area contributed by atoms with E-state index in [0.29, 0.717) is 5.11 Å². The molecule has 2 aromatic carbocycles. The van der Waals surface area contributed by atoms with Gasteiger partial charge in [0.2, 0.25) is 0 Å². The predicted octanol–water partition coefficient (Wildman–Crippen LogP) is 5.38. The summed E-state index contributed by atoms with van der Waals surface area (Å²) in [5.74, 6) is 1.03. The van der Waals surface area contributed by atoms with Crippen molar-refractivity contribution in [1.82, 2.24) is 14.9 Å². The zero-order valence-electron chi connectivity index (χ0n) is 19.3. The molecule has 2 atom stereocenters. The highest BCUT2D eigenvalue weighted by molar-refractivity contribution is 7.80. The quantitative estimate of drug-likeness (QED) is 0.382. The third-order valence-electron chi connectivity index (χ3n) is 6.36. The highest BCUT2D eigenvalue weighted by atomic mass is 32.1. The van der Waals surface area contributed by atoms with E-state index in [1.807, 2.05) is 60.7 Å². The molecular weight excluding hydrogens is 444 g/mol. The van der Waals surface area contributed by atoms with Crippen LogP contribution in [-0.2, 0) is 0 Å². The Hall–Kier alpha value is -3.84. The standard InChI is InChI=1S/C27H26N4O2S/c1-17-16-21(18(2)30(17)23-9-4-5-10-24(23)32)26-25(22-8-6-7-15-28-22)29-27(34)31(26)19-11-13-20(33-3)14-12-19/h4-16,25-26,32H,1-3H3,(H,29,34)/t25-,26+/m1/s1. The maximum absolute atomic E-state index is 10.6. The van der Waals surface area contributed by atoms with E-state index >= 15 is 0 Å². The second kappa shape index (κ2) is 8.83. The molecule has 2 aromatic heterocycles. The van der Waals surface area contributed by atoms with E-state index < -0.39 is 0 Å². The minimum Gasteiger partial charge on any atom is -0.506 e. The number of aromatic nitrogens is 2. The molecule has 0 bridgehead atoms. The van der Waals surface area contributed by atoms with Crippen LogP contribution in [0, 0.1) is 13.8 Å². The fourth-order valence-electron chi connectivity index (χ4n) is 4.80. The lowest BCUT2D eigenvalue weighted by Crippen LogP contribution is -2.29. The summed E-state index contributed by atoms with van der Waals surface area (Å²) in [6.45, 7) is 4.13. The highest BCUT2D eigenvalue weighted by Gasteiger charge is 2.42. The van der Waals surface area contributed by atoms with Crippen LogP contribution < -0.4 is 15.0 Å². The van der Waals surface area contributed by atoms with Gasteiger partial charge in [0.15, 0.2) is 5.11 Å². The molecule has 1 fully saturated rings. The molecule has 3 heterocycles. The molecule has 0 radical (unpaired) electrons. The molecule has 0 saturated carbocycles. The number of pyridine rings is 1. The first-order chi connectivity index (χ1) is 16.5. The second-order valence-corrected chi connectivity index (χ2v) is 8.73. The van der Waals surface area contributed by atoms with Crippen molar-refractivity contribution in [1.29, 1.82) is 0 Å². The molecule has 0 unspecified atom stereocenters. The van der Waals surface area contributed by atoms with Crippen LogP contribution >= 0.6 is 12.2 Å². The summed E-state index contributed by atoms with van der Waals surface area (Å²) in [7, 11) is 1.66. The smallest absolute Gasteiger partial charge is 0.174 e. The molecule has 1 aliphatic heterocycles. The van der Waals surface area contributed by atoms with Gasteiger partial charge in [-0.1, -0.05) is 18.2 Å². The molecule has 4 aromatic rings. The van der Waals surface area contributed by atoms with Crippen LogP contribution in [0.15, 0.2) is 79.0 Å². The Morgan fingerprint density at radius 2 is 1.74 bits per heavy atom. The van der Waals surface area contributed by atoms with Crippen LogP contribution in [0.3, 0.4) is 0 Å². The highest BCUT2D eigenvalue weighted by Crippen LogP contribution is 2.44. The number of hydrogen-bond donors (Lipinski definition) is 2. The first-order valence-corrected chi connectivity index (χ1v) is 11.5. The molecule has 1 saturated heterocycles. The Kier molecular flexibility index (Phi) is 5.71. The Bertz CT molecular complexity index is 1330. The fraction of sp³-hybridized carbons (Fsp3) is 0.185. The molecule has 1 aliphatic rings. The van der Waals surface area contributed by atoms with E-state index in [-0.39, 0.29) is 17.8 Å². The molecule has 172 valence electrons. The van der Waals surface area contributed by atoms with Gasteiger partial charge in [0, 0.05) is 23.3 Å². The molecule has 0 amide bonds. The zero-order valence-corrected chi connectivity index (χ0v) is 20.1. The average molecular weight is 471 g/mol. The van der Waals surface area contributed by atoms with Gasteiger partial charge in [0.25, 0.3) is 0 Å². The summed E-state index contributed by atoms with van der Waals surface area (Å²) >= 11 is 5.84. The summed E-state index contributed by atoms with van der Waals surface area (Å²) in [4.78, 5) is 6.79. The van der Waals surface area contributed by atoms with Gasteiger partial charge in [0.05, 0.1) is 30.6 Å². The number of para-hydroxylation sites is 2. The number of nitrogens with one attached hydrogen (secondary N) is 1. The minimum atomic E-state index is -0.144. The van der Waals surface area contributed by atoms with E-state index in [1.54, 1.807) is 19.4 Å². The summed E-state index contributed by atoms with van der Waals surface area (Å²) in [5, 5.41) is 14.7. The van der Waals surface area contributed by atoms with Crippen molar-refractivity contribution in [2.75, 3.05) is 12.0 Å². The molecular formula is C27H26N4O2S. The van der Waals surface area contributed by atoms with Gasteiger partial charge in [0.1, 0.15) is 11.5 Å². The van der Waals surface area contributed by atoms with Gasteiger partial charge in [-0.05, 0) is 86.2 Å². The number of ether oxygens (including phenoxy) is 1. The predicted molar refractivity (Wildman–Crippen MR) is 138 cm³/mol. The van der Waals surface area contributed by atoms with Gasteiger partial charge >= 0.3 is 0 Å². The van der Waals surface area contributed by atoms with Crippen LogP contribution in [0.25, 0.3) is 5.69 Å². The third-order valence-corrected chi connectivity index (χ3v) is 6.67. The first kappa shape index (κ1) is 22.0. The number of phenols is 1. The van der Waals surface area contributed by atoms with Gasteiger partial charge < -0.3 is 24.6 Å². The summed E-state index contributed by atoms with van der Waals surface area (Å²) in [6.07, 6.45) is 1.80. The number of nitrogens with zero attached hydrogens (tertiary/aromatic N) is 3. The average Bonchev–Trinajstić information content (AvgIpc) is 3.35. The van der Waals surface area contributed by atoms with Crippen molar-refractivity contribution in [3.63, 3.8) is 0 Å². The number of thiocarbonyl (C=S) groups is 1. The first-order valence-electron chi connectivity index (χ1n) is 11.1. The van der Waals surface area contributed by atoms with Crippen molar-refractivity contribution in [3.05, 3.63) is 102 Å². The molecule has 0 spiro atoms. The van der Waals surface area contributed by atoms with E-state index in [0.717, 1.165) is 39.8 Å². The number of benzene rings is 2. The fourth-order valence-corrected chi connectivity index (χ4v) is 5.15. The number of methoxy groups -OCH3 is 1. The SMILES string of the molecule is COc1ccc(N2C(=S)N[C@H](c3ccccn3)[C@@H]2c2cc(C)n(-c3ccccc3O)c2C)cc1. The van der Waals surface area contributed by atoms with Crippen LogP contribution in [-0.4, -0.2) is 26.9 Å². The number of aryl methyl sites for hydroxylation is 1. The Balaban J connectivity index is 1.68. The lowest BCUT2D eigenvalue weighted by atomic mass is 9.96. The van der Waals surface area contributed by atoms with Gasteiger partial charge in [-0.15, -0.1) is 0 Å². The van der Waals surface area contributed by atoms with Crippen LogP contribution in [0.5, 0.6) is 11.5 Å². The van der Waals surface area contributed by atoms with Crippen LogP contribution in [0.2, 0.25) is 0 Å². The van der Waals surface area contributed by atoms with Gasteiger partial charge in [-0.3, -0.25) is 4.98 Å². The van der Waals surface area contributed by atoms with Crippen molar-refractivity contribution in [2.45, 2.75) is 25.9 Å². The Morgan fingerprint density at radius 3 is 2.41 bits per heavy atom. The maximum Gasteiger partial charge on any atom is 0.174 e. The number of phenolic OH excluding ortho intramolecular Hbond substituents is 1. The van der Waals surface area contributed by atoms with E-state index in [9.17, 15) is 5.11 Å². The van der Waals surface area contributed by atoms with E-state index in [1.165, 1.54) is 0 Å².